The summed E-state index contributed by atoms with van der Waals surface area (Å²) < 4.78 is 19.8. The van der Waals surface area contributed by atoms with E-state index in [4.69, 9.17) is 10.3 Å². The van der Waals surface area contributed by atoms with Crippen molar-refractivity contribution in [3.05, 3.63) is 81.0 Å². The van der Waals surface area contributed by atoms with Crippen LogP contribution in [-0.4, -0.2) is 12.6 Å². The molecule has 0 spiro atoms. The van der Waals surface area contributed by atoms with Crippen LogP contribution < -0.4 is 0 Å². The van der Waals surface area contributed by atoms with Gasteiger partial charge in [0.1, 0.15) is 5.82 Å². The summed E-state index contributed by atoms with van der Waals surface area (Å²) in [7, 11) is 0. The van der Waals surface area contributed by atoms with Crippen LogP contribution in [0.15, 0.2) is 47.6 Å². The van der Waals surface area contributed by atoms with Crippen molar-refractivity contribution in [1.82, 2.24) is 0 Å². The summed E-state index contributed by atoms with van der Waals surface area (Å²) in [5, 5.41) is 3.83. The average Bonchev–Trinajstić information content (AvgIpc) is 2.70. The van der Waals surface area contributed by atoms with E-state index in [1.54, 1.807) is 6.07 Å². The number of benzene rings is 2. The highest BCUT2D eigenvalue weighted by Crippen LogP contribution is 2.46. The molecule has 23 heavy (non-hydrogen) atoms. The Labute approximate surface area is 133 Å². The lowest BCUT2D eigenvalue weighted by Gasteiger charge is -2.35. The van der Waals surface area contributed by atoms with Gasteiger partial charge in [0, 0.05) is 10.8 Å². The first-order valence-corrected chi connectivity index (χ1v) is 7.78. The number of fused-ring (bicyclic) bond motifs is 5. The number of azide groups is 1. The Hall–Kier alpha value is -2.36. The quantitative estimate of drug-likeness (QED) is 0.429. The van der Waals surface area contributed by atoms with E-state index >= 15 is 0 Å². The van der Waals surface area contributed by atoms with Crippen LogP contribution in [0.5, 0.6) is 0 Å². The fraction of sp³-hybridized carbons (Fsp3) is 0.333. The van der Waals surface area contributed by atoms with Crippen molar-refractivity contribution in [2.24, 2.45) is 5.11 Å². The van der Waals surface area contributed by atoms with Crippen molar-refractivity contribution in [3.8, 4) is 0 Å². The van der Waals surface area contributed by atoms with Gasteiger partial charge in [-0.15, -0.1) is 0 Å². The first-order valence-electron chi connectivity index (χ1n) is 7.78. The van der Waals surface area contributed by atoms with E-state index < -0.39 is 0 Å². The van der Waals surface area contributed by atoms with Gasteiger partial charge in [-0.3, -0.25) is 0 Å². The van der Waals surface area contributed by atoms with Gasteiger partial charge in [0.05, 0.1) is 18.8 Å². The highest BCUT2D eigenvalue weighted by Gasteiger charge is 2.37. The fourth-order valence-electron chi connectivity index (χ4n) is 3.82. The lowest BCUT2D eigenvalue weighted by Crippen LogP contribution is -2.30. The molecule has 0 unspecified atom stereocenters. The van der Waals surface area contributed by atoms with Crippen molar-refractivity contribution in [2.75, 3.05) is 6.61 Å². The number of nitrogens with zero attached hydrogens (tertiary/aromatic N) is 3. The normalized spacial score (nSPS) is 25.3. The van der Waals surface area contributed by atoms with Gasteiger partial charge in [0.2, 0.25) is 0 Å². The molecule has 0 saturated carbocycles. The molecule has 0 aromatic heterocycles. The molecule has 2 aromatic carbocycles. The van der Waals surface area contributed by atoms with Gasteiger partial charge in [-0.2, -0.15) is 0 Å². The minimum Gasteiger partial charge on any atom is -0.372 e. The van der Waals surface area contributed by atoms with E-state index in [-0.39, 0.29) is 23.9 Å². The second-order valence-electron chi connectivity index (χ2n) is 6.17. The molecule has 5 heteroatoms. The molecular weight excluding hydrogens is 293 g/mol. The number of halogens is 1. The second kappa shape index (κ2) is 5.69. The molecule has 2 aliphatic rings. The van der Waals surface area contributed by atoms with E-state index in [1.807, 2.05) is 18.2 Å². The van der Waals surface area contributed by atoms with Crippen LogP contribution in [0.25, 0.3) is 10.4 Å². The summed E-state index contributed by atoms with van der Waals surface area (Å²) in [4.78, 5) is 2.92. The zero-order chi connectivity index (χ0) is 15.8. The van der Waals surface area contributed by atoms with Gasteiger partial charge < -0.3 is 4.74 Å². The maximum atomic E-state index is 13.8. The Bertz CT molecular complexity index is 801. The van der Waals surface area contributed by atoms with Crippen LogP contribution in [0.1, 0.15) is 40.7 Å². The maximum absolute atomic E-state index is 13.8. The molecule has 0 N–H and O–H groups in total. The summed E-state index contributed by atoms with van der Waals surface area (Å²) in [5.74, 6) is -0.160. The van der Waals surface area contributed by atoms with E-state index in [0.29, 0.717) is 6.61 Å². The average molecular weight is 309 g/mol. The molecule has 0 radical (unpaired) electrons. The van der Waals surface area contributed by atoms with Crippen LogP contribution in [0.3, 0.4) is 0 Å². The number of hydrogen-bond donors (Lipinski definition) is 0. The van der Waals surface area contributed by atoms with Crippen molar-refractivity contribution < 1.29 is 9.13 Å². The third kappa shape index (κ3) is 2.48. The van der Waals surface area contributed by atoms with E-state index in [9.17, 15) is 4.39 Å². The third-order valence-corrected chi connectivity index (χ3v) is 4.82. The minimum atomic E-state index is -0.241. The molecule has 3 atom stereocenters. The first kappa shape index (κ1) is 14.2. The Balaban J connectivity index is 1.86. The largest absolute Gasteiger partial charge is 0.372 e. The van der Waals surface area contributed by atoms with Crippen molar-refractivity contribution in [2.45, 2.75) is 30.9 Å². The number of ether oxygens (including phenoxy) is 1. The SMILES string of the molecule is [N-]=[N+]=N[C@@H]1CO[C@H]2c3cc(F)ccc3Cc3ccccc3[C@H]2C1. The standard InChI is InChI=1S/C18H16FN3O/c19-13-6-5-12-7-11-3-1-2-4-15(11)17-9-14(21-22-20)10-23-18(17)16(12)8-13/h1-6,8,14,17-18H,7,9-10H2/t14-,17+,18-/m0/s1. The number of rotatable bonds is 1. The predicted molar refractivity (Wildman–Crippen MR) is 84.6 cm³/mol. The second-order valence-corrected chi connectivity index (χ2v) is 6.17. The van der Waals surface area contributed by atoms with Crippen molar-refractivity contribution >= 4 is 0 Å². The maximum Gasteiger partial charge on any atom is 0.123 e. The Kier molecular flexibility index (Phi) is 3.52. The lowest BCUT2D eigenvalue weighted by molar-refractivity contribution is -0.0126. The van der Waals surface area contributed by atoms with Crippen LogP contribution in [-0.2, 0) is 11.2 Å². The van der Waals surface area contributed by atoms with E-state index in [1.165, 1.54) is 17.2 Å². The summed E-state index contributed by atoms with van der Waals surface area (Å²) in [6.45, 7) is 0.378. The zero-order valence-corrected chi connectivity index (χ0v) is 12.5. The molecule has 1 aliphatic heterocycles. The highest BCUT2D eigenvalue weighted by atomic mass is 19.1. The smallest absolute Gasteiger partial charge is 0.123 e. The topological polar surface area (TPSA) is 58.0 Å². The summed E-state index contributed by atoms with van der Waals surface area (Å²) in [5.41, 5.74) is 13.2. The molecule has 1 heterocycles. The molecule has 2 aromatic rings. The molecule has 0 bridgehead atoms. The summed E-state index contributed by atoms with van der Waals surface area (Å²) in [6, 6.07) is 13.0. The minimum absolute atomic E-state index is 0.0819. The number of hydrogen-bond acceptors (Lipinski definition) is 2. The molecule has 0 amide bonds. The van der Waals surface area contributed by atoms with Gasteiger partial charge in [-0.1, -0.05) is 35.4 Å². The van der Waals surface area contributed by atoms with Gasteiger partial charge in [-0.05, 0) is 52.8 Å². The third-order valence-electron chi connectivity index (χ3n) is 4.82. The predicted octanol–water partition coefficient (Wildman–Crippen LogP) is 4.65. The molecule has 1 aliphatic carbocycles. The van der Waals surface area contributed by atoms with Crippen LogP contribution in [0, 0.1) is 5.82 Å². The molecular formula is C18H16FN3O. The van der Waals surface area contributed by atoms with Gasteiger partial charge >= 0.3 is 0 Å². The zero-order valence-electron chi connectivity index (χ0n) is 12.5. The van der Waals surface area contributed by atoms with E-state index in [2.05, 4.69) is 22.2 Å². The monoisotopic (exact) mass is 309 g/mol. The molecule has 1 saturated heterocycles. The van der Waals surface area contributed by atoms with E-state index in [0.717, 1.165) is 24.0 Å². The summed E-state index contributed by atoms with van der Waals surface area (Å²) in [6.07, 6.45) is 1.31. The Morgan fingerprint density at radius 1 is 1.13 bits per heavy atom. The van der Waals surface area contributed by atoms with Crippen LogP contribution in [0.4, 0.5) is 4.39 Å². The van der Waals surface area contributed by atoms with Gasteiger partial charge in [0.15, 0.2) is 0 Å². The molecule has 116 valence electrons. The van der Waals surface area contributed by atoms with Crippen molar-refractivity contribution in [1.29, 1.82) is 0 Å². The van der Waals surface area contributed by atoms with Crippen LogP contribution in [0.2, 0.25) is 0 Å². The van der Waals surface area contributed by atoms with Crippen molar-refractivity contribution in [3.63, 3.8) is 0 Å². The lowest BCUT2D eigenvalue weighted by atomic mass is 9.82. The van der Waals surface area contributed by atoms with Gasteiger partial charge in [-0.25, -0.2) is 4.39 Å². The molecule has 4 rings (SSSR count). The fourth-order valence-corrected chi connectivity index (χ4v) is 3.82. The van der Waals surface area contributed by atoms with Gasteiger partial charge in [0.25, 0.3) is 0 Å². The Morgan fingerprint density at radius 2 is 1.96 bits per heavy atom. The van der Waals surface area contributed by atoms with Crippen LogP contribution >= 0.6 is 0 Å². The summed E-state index contributed by atoms with van der Waals surface area (Å²) >= 11 is 0. The Morgan fingerprint density at radius 3 is 2.83 bits per heavy atom. The molecule has 4 nitrogen and oxygen atoms in total. The highest BCUT2D eigenvalue weighted by molar-refractivity contribution is 5.44. The first-order chi connectivity index (χ1) is 11.3. The molecule has 1 fully saturated rings.